The van der Waals surface area contributed by atoms with Crippen LogP contribution in [0.5, 0.6) is 0 Å². The number of fused-ring (bicyclic) bond motifs is 1. The molecule has 0 saturated carbocycles. The highest BCUT2D eigenvalue weighted by Gasteiger charge is 2.22. The molecule has 1 amide bonds. The van der Waals surface area contributed by atoms with Gasteiger partial charge in [0.05, 0.1) is 0 Å². The molecule has 4 rings (SSSR count). The van der Waals surface area contributed by atoms with Gasteiger partial charge in [-0.25, -0.2) is 9.37 Å². The molecule has 1 atom stereocenters. The Kier molecular flexibility index (Phi) is 4.01. The first-order valence-corrected chi connectivity index (χ1v) is 8.23. The van der Waals surface area contributed by atoms with E-state index in [1.807, 2.05) is 41.9 Å². The number of aromatic amines is 1. The molecule has 6 heteroatoms. The zero-order chi connectivity index (χ0) is 18.1. The summed E-state index contributed by atoms with van der Waals surface area (Å²) >= 11 is 0. The topological polar surface area (TPSA) is 62.7 Å². The van der Waals surface area contributed by atoms with E-state index >= 15 is 0 Å². The van der Waals surface area contributed by atoms with Gasteiger partial charge in [-0.3, -0.25) is 4.79 Å². The Morgan fingerprint density at radius 2 is 1.96 bits per heavy atom. The second-order valence-corrected chi connectivity index (χ2v) is 6.12. The van der Waals surface area contributed by atoms with Gasteiger partial charge in [0.1, 0.15) is 23.4 Å². The minimum absolute atomic E-state index is 0.251. The lowest BCUT2D eigenvalue weighted by molar-refractivity contribution is 0.0937. The van der Waals surface area contributed by atoms with Gasteiger partial charge < -0.3 is 14.9 Å². The van der Waals surface area contributed by atoms with Crippen molar-refractivity contribution in [2.75, 3.05) is 0 Å². The largest absolute Gasteiger partial charge is 0.351 e. The monoisotopic (exact) mass is 348 g/mol. The molecule has 0 aliphatic heterocycles. The van der Waals surface area contributed by atoms with Crippen LogP contribution >= 0.6 is 0 Å². The molecule has 0 saturated heterocycles. The average molecular weight is 348 g/mol. The van der Waals surface area contributed by atoms with Crippen molar-refractivity contribution < 1.29 is 9.18 Å². The van der Waals surface area contributed by atoms with Crippen molar-refractivity contribution in [3.05, 3.63) is 89.9 Å². The summed E-state index contributed by atoms with van der Waals surface area (Å²) in [5, 5.41) is 3.96. The molecule has 2 heterocycles. The van der Waals surface area contributed by atoms with Crippen molar-refractivity contribution in [2.24, 2.45) is 7.05 Å². The van der Waals surface area contributed by atoms with E-state index in [9.17, 15) is 9.18 Å². The van der Waals surface area contributed by atoms with Gasteiger partial charge in [0, 0.05) is 30.3 Å². The lowest BCUT2D eigenvalue weighted by Crippen LogP contribution is -2.31. The number of nitrogens with one attached hydrogen (secondary N) is 2. The van der Waals surface area contributed by atoms with Crippen molar-refractivity contribution in [1.29, 1.82) is 0 Å². The highest BCUT2D eigenvalue weighted by atomic mass is 19.1. The Bertz CT molecular complexity index is 1030. The second kappa shape index (κ2) is 6.48. The van der Waals surface area contributed by atoms with Crippen LogP contribution in [-0.4, -0.2) is 20.4 Å². The number of aromatic nitrogens is 3. The maximum absolute atomic E-state index is 13.3. The Hall–Kier alpha value is -3.41. The first-order chi connectivity index (χ1) is 12.6. The first-order valence-electron chi connectivity index (χ1n) is 8.23. The molecule has 2 aromatic carbocycles. The fourth-order valence-electron chi connectivity index (χ4n) is 3.01. The van der Waals surface area contributed by atoms with E-state index in [0.717, 1.165) is 16.5 Å². The van der Waals surface area contributed by atoms with Crippen LogP contribution in [0.2, 0.25) is 0 Å². The maximum atomic E-state index is 13.3. The molecule has 2 aromatic heterocycles. The fourth-order valence-corrected chi connectivity index (χ4v) is 3.01. The number of hydrogen-bond donors (Lipinski definition) is 2. The van der Waals surface area contributed by atoms with Crippen LogP contribution in [0, 0.1) is 5.82 Å². The lowest BCUT2D eigenvalue weighted by atomic mass is 10.1. The lowest BCUT2D eigenvalue weighted by Gasteiger charge is -2.19. The van der Waals surface area contributed by atoms with E-state index in [4.69, 9.17) is 0 Å². The first kappa shape index (κ1) is 16.1. The molecular weight excluding hydrogens is 331 g/mol. The van der Waals surface area contributed by atoms with E-state index in [1.165, 1.54) is 12.1 Å². The van der Waals surface area contributed by atoms with Crippen molar-refractivity contribution in [3.63, 3.8) is 0 Å². The minimum Gasteiger partial charge on any atom is -0.351 e. The summed E-state index contributed by atoms with van der Waals surface area (Å²) in [4.78, 5) is 20.3. The van der Waals surface area contributed by atoms with E-state index in [1.54, 1.807) is 24.5 Å². The predicted octanol–water partition coefficient (Wildman–Crippen LogP) is 3.56. The summed E-state index contributed by atoms with van der Waals surface area (Å²) in [7, 11) is 1.86. The second-order valence-electron chi connectivity index (χ2n) is 6.12. The van der Waals surface area contributed by atoms with Crippen LogP contribution in [0.25, 0.3) is 10.9 Å². The Balaban J connectivity index is 1.69. The number of hydrogen-bond acceptors (Lipinski definition) is 2. The van der Waals surface area contributed by atoms with Gasteiger partial charge in [0.2, 0.25) is 0 Å². The molecule has 0 spiro atoms. The fraction of sp³-hybridized carbons (Fsp3) is 0.100. The molecule has 0 aliphatic carbocycles. The molecule has 26 heavy (non-hydrogen) atoms. The Morgan fingerprint density at radius 3 is 2.65 bits per heavy atom. The highest BCUT2D eigenvalue weighted by molar-refractivity contribution is 5.98. The SMILES string of the molecule is Cn1ccnc1[C@@H](NC(=O)c1cc2ccccc2[nH]1)c1ccc(F)cc1. The number of carbonyl (C=O) groups is 1. The normalized spacial score (nSPS) is 12.2. The van der Waals surface area contributed by atoms with Crippen LogP contribution in [0.1, 0.15) is 27.9 Å². The zero-order valence-corrected chi connectivity index (χ0v) is 14.1. The Labute approximate surface area is 149 Å². The molecule has 130 valence electrons. The number of benzene rings is 2. The number of para-hydroxylation sites is 1. The summed E-state index contributed by atoms with van der Waals surface area (Å²) in [5.74, 6) is 0.0916. The van der Waals surface area contributed by atoms with E-state index < -0.39 is 6.04 Å². The number of nitrogens with zero attached hydrogens (tertiary/aromatic N) is 2. The molecular formula is C20H17FN4O. The van der Waals surface area contributed by atoms with E-state index in [-0.39, 0.29) is 11.7 Å². The number of halogens is 1. The highest BCUT2D eigenvalue weighted by Crippen LogP contribution is 2.22. The van der Waals surface area contributed by atoms with E-state index in [0.29, 0.717) is 11.5 Å². The third-order valence-electron chi connectivity index (χ3n) is 4.37. The quantitative estimate of drug-likeness (QED) is 0.592. The number of amides is 1. The molecule has 5 nitrogen and oxygen atoms in total. The molecule has 0 fully saturated rings. The summed E-state index contributed by atoms with van der Waals surface area (Å²) < 4.78 is 15.1. The van der Waals surface area contributed by atoms with E-state index in [2.05, 4.69) is 15.3 Å². The van der Waals surface area contributed by atoms with Gasteiger partial charge in [0.15, 0.2) is 0 Å². The van der Waals surface area contributed by atoms with Crippen molar-refractivity contribution >= 4 is 16.8 Å². The average Bonchev–Trinajstić information content (AvgIpc) is 3.26. The van der Waals surface area contributed by atoms with Crippen LogP contribution < -0.4 is 5.32 Å². The molecule has 2 N–H and O–H groups in total. The van der Waals surface area contributed by atoms with Gasteiger partial charge in [-0.2, -0.15) is 0 Å². The van der Waals surface area contributed by atoms with Crippen molar-refractivity contribution in [1.82, 2.24) is 19.9 Å². The molecule has 0 unspecified atom stereocenters. The van der Waals surface area contributed by atoms with Gasteiger partial charge >= 0.3 is 0 Å². The van der Waals surface area contributed by atoms with Gasteiger partial charge in [-0.05, 0) is 29.8 Å². The van der Waals surface area contributed by atoms with Crippen molar-refractivity contribution in [3.8, 4) is 0 Å². The summed E-state index contributed by atoms with van der Waals surface area (Å²) in [6.45, 7) is 0. The standard InChI is InChI=1S/C20H17FN4O/c1-25-11-10-22-19(25)18(13-6-8-15(21)9-7-13)24-20(26)17-12-14-4-2-3-5-16(14)23-17/h2-12,18,23H,1H3,(H,24,26)/t18-/m0/s1. The molecule has 0 bridgehead atoms. The summed E-state index contributed by atoms with van der Waals surface area (Å²) in [6, 6.07) is 15.1. The number of H-pyrrole nitrogens is 1. The van der Waals surface area contributed by atoms with Gasteiger partial charge in [-0.15, -0.1) is 0 Å². The number of carbonyl (C=O) groups excluding carboxylic acids is 1. The number of aryl methyl sites for hydroxylation is 1. The van der Waals surface area contributed by atoms with Crippen LogP contribution in [-0.2, 0) is 7.05 Å². The molecule has 4 aromatic rings. The van der Waals surface area contributed by atoms with Crippen LogP contribution in [0.4, 0.5) is 4.39 Å². The number of rotatable bonds is 4. The third kappa shape index (κ3) is 2.97. The third-order valence-corrected chi connectivity index (χ3v) is 4.37. The maximum Gasteiger partial charge on any atom is 0.268 e. The minimum atomic E-state index is -0.491. The smallest absolute Gasteiger partial charge is 0.268 e. The van der Waals surface area contributed by atoms with Gasteiger partial charge in [-0.1, -0.05) is 30.3 Å². The van der Waals surface area contributed by atoms with Crippen molar-refractivity contribution in [2.45, 2.75) is 6.04 Å². The van der Waals surface area contributed by atoms with Gasteiger partial charge in [0.25, 0.3) is 5.91 Å². The zero-order valence-electron chi connectivity index (χ0n) is 14.1. The summed E-state index contributed by atoms with van der Waals surface area (Å²) in [6.07, 6.45) is 3.47. The number of imidazole rings is 1. The Morgan fingerprint density at radius 1 is 1.19 bits per heavy atom. The predicted molar refractivity (Wildman–Crippen MR) is 97.2 cm³/mol. The van der Waals surface area contributed by atoms with Crippen LogP contribution in [0.3, 0.4) is 0 Å². The van der Waals surface area contributed by atoms with Crippen LogP contribution in [0.15, 0.2) is 67.0 Å². The molecule has 0 radical (unpaired) electrons. The summed E-state index contributed by atoms with van der Waals surface area (Å²) in [5.41, 5.74) is 2.12. The molecule has 0 aliphatic rings.